The first-order valence-electron chi connectivity index (χ1n) is 6.26. The minimum atomic E-state index is 1.10. The SMILES string of the molecule is C=C(C[N+]1(C)CCCCC1)c1ccccc1. The molecule has 0 aliphatic carbocycles. The van der Waals surface area contributed by atoms with Crippen molar-refractivity contribution in [3.8, 4) is 0 Å². The number of rotatable bonds is 3. The fraction of sp³-hybridized carbons (Fsp3) is 0.467. The largest absolute Gasteiger partial charge is 0.322 e. The van der Waals surface area contributed by atoms with Gasteiger partial charge in [0.15, 0.2) is 0 Å². The third-order valence-electron chi connectivity index (χ3n) is 3.65. The minimum absolute atomic E-state index is 1.10. The predicted molar refractivity (Wildman–Crippen MR) is 70.1 cm³/mol. The molecule has 0 N–H and O–H groups in total. The standard InChI is InChI=1S/C15H22N/c1-14(15-9-5-3-6-10-15)13-16(2)11-7-4-8-12-16/h3,5-6,9-10H,1,4,7-8,11-13H2,2H3/q+1. The molecule has 0 bridgehead atoms. The summed E-state index contributed by atoms with van der Waals surface area (Å²) in [6, 6.07) is 10.6. The van der Waals surface area contributed by atoms with E-state index in [0.29, 0.717) is 0 Å². The Morgan fingerprint density at radius 2 is 1.75 bits per heavy atom. The van der Waals surface area contributed by atoms with E-state index in [4.69, 9.17) is 0 Å². The molecule has 1 aromatic rings. The van der Waals surface area contributed by atoms with Gasteiger partial charge in [0.25, 0.3) is 0 Å². The Labute approximate surface area is 99.0 Å². The number of quaternary nitrogens is 1. The average Bonchev–Trinajstić information content (AvgIpc) is 2.30. The van der Waals surface area contributed by atoms with E-state index in [0.717, 1.165) is 6.54 Å². The molecule has 0 spiro atoms. The van der Waals surface area contributed by atoms with Crippen LogP contribution in [0.25, 0.3) is 5.57 Å². The molecular weight excluding hydrogens is 194 g/mol. The number of hydrogen-bond donors (Lipinski definition) is 0. The Bertz CT molecular complexity index is 347. The molecule has 1 nitrogen and oxygen atoms in total. The zero-order chi connectivity index (χ0) is 11.4. The normalized spacial score (nSPS) is 19.3. The van der Waals surface area contributed by atoms with Crippen LogP contribution in [0.3, 0.4) is 0 Å². The maximum atomic E-state index is 4.25. The first kappa shape index (κ1) is 11.4. The van der Waals surface area contributed by atoms with Crippen molar-refractivity contribution in [1.29, 1.82) is 0 Å². The number of likely N-dealkylation sites (tertiary alicyclic amines) is 1. The molecule has 86 valence electrons. The molecule has 2 rings (SSSR count). The lowest BCUT2D eigenvalue weighted by Crippen LogP contribution is -2.48. The van der Waals surface area contributed by atoms with Crippen molar-refractivity contribution in [1.82, 2.24) is 0 Å². The van der Waals surface area contributed by atoms with Crippen molar-refractivity contribution in [2.24, 2.45) is 0 Å². The predicted octanol–water partition coefficient (Wildman–Crippen LogP) is 3.33. The Hall–Kier alpha value is -1.08. The van der Waals surface area contributed by atoms with Gasteiger partial charge < -0.3 is 4.48 Å². The topological polar surface area (TPSA) is 0 Å². The number of nitrogens with zero attached hydrogens (tertiary/aromatic N) is 1. The number of piperidine rings is 1. The lowest BCUT2D eigenvalue weighted by Gasteiger charge is -2.38. The van der Waals surface area contributed by atoms with Crippen LogP contribution in [-0.2, 0) is 0 Å². The minimum Gasteiger partial charge on any atom is -0.322 e. The second-order valence-corrected chi connectivity index (χ2v) is 5.26. The van der Waals surface area contributed by atoms with Gasteiger partial charge in [-0.1, -0.05) is 36.9 Å². The second-order valence-electron chi connectivity index (χ2n) is 5.26. The molecule has 0 radical (unpaired) electrons. The smallest absolute Gasteiger partial charge is 0.104 e. The molecule has 1 fully saturated rings. The van der Waals surface area contributed by atoms with E-state index in [-0.39, 0.29) is 0 Å². The molecule has 1 aliphatic heterocycles. The van der Waals surface area contributed by atoms with Crippen LogP contribution in [0.4, 0.5) is 0 Å². The van der Waals surface area contributed by atoms with E-state index >= 15 is 0 Å². The van der Waals surface area contributed by atoms with Gasteiger partial charge >= 0.3 is 0 Å². The van der Waals surface area contributed by atoms with Crippen LogP contribution in [0.1, 0.15) is 24.8 Å². The van der Waals surface area contributed by atoms with Crippen molar-refractivity contribution in [2.75, 3.05) is 26.7 Å². The summed E-state index contributed by atoms with van der Waals surface area (Å²) in [5, 5.41) is 0. The van der Waals surface area contributed by atoms with E-state index < -0.39 is 0 Å². The van der Waals surface area contributed by atoms with Crippen molar-refractivity contribution in [2.45, 2.75) is 19.3 Å². The van der Waals surface area contributed by atoms with Gasteiger partial charge in [0, 0.05) is 5.57 Å². The van der Waals surface area contributed by atoms with Crippen LogP contribution in [0.2, 0.25) is 0 Å². The Kier molecular flexibility index (Phi) is 3.45. The summed E-state index contributed by atoms with van der Waals surface area (Å²) in [6.45, 7) is 7.97. The summed E-state index contributed by atoms with van der Waals surface area (Å²) in [4.78, 5) is 0. The summed E-state index contributed by atoms with van der Waals surface area (Å²) in [7, 11) is 2.37. The molecule has 1 heteroatoms. The van der Waals surface area contributed by atoms with Gasteiger partial charge in [0.2, 0.25) is 0 Å². The van der Waals surface area contributed by atoms with E-state index in [1.807, 2.05) is 0 Å². The van der Waals surface area contributed by atoms with E-state index in [2.05, 4.69) is 44.0 Å². The average molecular weight is 216 g/mol. The van der Waals surface area contributed by atoms with Crippen LogP contribution < -0.4 is 0 Å². The lowest BCUT2D eigenvalue weighted by molar-refractivity contribution is -0.906. The van der Waals surface area contributed by atoms with Gasteiger partial charge in [-0.15, -0.1) is 0 Å². The molecule has 1 aromatic carbocycles. The molecule has 1 heterocycles. The number of hydrogen-bond acceptors (Lipinski definition) is 0. The summed E-state index contributed by atoms with van der Waals surface area (Å²) < 4.78 is 1.17. The number of benzene rings is 1. The Balaban J connectivity index is 2.01. The maximum Gasteiger partial charge on any atom is 0.104 e. The molecule has 16 heavy (non-hydrogen) atoms. The zero-order valence-electron chi connectivity index (χ0n) is 10.3. The molecule has 1 saturated heterocycles. The van der Waals surface area contributed by atoms with Crippen molar-refractivity contribution >= 4 is 5.57 Å². The third kappa shape index (κ3) is 2.73. The molecule has 0 atom stereocenters. The van der Waals surface area contributed by atoms with Crippen molar-refractivity contribution in [3.05, 3.63) is 42.5 Å². The van der Waals surface area contributed by atoms with Gasteiger partial charge in [-0.25, -0.2) is 0 Å². The fourth-order valence-electron chi connectivity index (χ4n) is 2.66. The van der Waals surface area contributed by atoms with Crippen LogP contribution in [0.5, 0.6) is 0 Å². The highest BCUT2D eigenvalue weighted by atomic mass is 15.3. The molecule has 0 amide bonds. The maximum absolute atomic E-state index is 4.25. The van der Waals surface area contributed by atoms with E-state index in [9.17, 15) is 0 Å². The van der Waals surface area contributed by atoms with Gasteiger partial charge in [-0.05, 0) is 24.8 Å². The summed E-state index contributed by atoms with van der Waals surface area (Å²) in [5.41, 5.74) is 2.58. The van der Waals surface area contributed by atoms with Crippen LogP contribution >= 0.6 is 0 Å². The molecule has 0 unspecified atom stereocenters. The molecule has 1 aliphatic rings. The summed E-state index contributed by atoms with van der Waals surface area (Å²) >= 11 is 0. The van der Waals surface area contributed by atoms with Crippen LogP contribution in [0, 0.1) is 0 Å². The highest BCUT2D eigenvalue weighted by Gasteiger charge is 2.25. The Morgan fingerprint density at radius 3 is 2.38 bits per heavy atom. The highest BCUT2D eigenvalue weighted by Crippen LogP contribution is 2.22. The van der Waals surface area contributed by atoms with Crippen LogP contribution in [0.15, 0.2) is 36.9 Å². The summed E-state index contributed by atoms with van der Waals surface area (Å²) in [5.74, 6) is 0. The molecule has 0 aromatic heterocycles. The first-order chi connectivity index (χ1) is 7.70. The quantitative estimate of drug-likeness (QED) is 0.680. The highest BCUT2D eigenvalue weighted by molar-refractivity contribution is 5.63. The second kappa shape index (κ2) is 4.84. The zero-order valence-corrected chi connectivity index (χ0v) is 10.3. The Morgan fingerprint density at radius 1 is 1.12 bits per heavy atom. The summed E-state index contributed by atoms with van der Waals surface area (Å²) in [6.07, 6.45) is 4.16. The van der Waals surface area contributed by atoms with Crippen molar-refractivity contribution < 1.29 is 4.48 Å². The van der Waals surface area contributed by atoms with Crippen molar-refractivity contribution in [3.63, 3.8) is 0 Å². The van der Waals surface area contributed by atoms with Gasteiger partial charge in [0.05, 0.1) is 20.1 Å². The monoisotopic (exact) mass is 216 g/mol. The first-order valence-corrected chi connectivity index (χ1v) is 6.26. The van der Waals surface area contributed by atoms with Gasteiger partial charge in [-0.2, -0.15) is 0 Å². The van der Waals surface area contributed by atoms with Gasteiger partial charge in [-0.3, -0.25) is 0 Å². The van der Waals surface area contributed by atoms with E-state index in [1.54, 1.807) is 0 Å². The fourth-order valence-corrected chi connectivity index (χ4v) is 2.66. The van der Waals surface area contributed by atoms with Crippen LogP contribution in [-0.4, -0.2) is 31.2 Å². The van der Waals surface area contributed by atoms with E-state index in [1.165, 1.54) is 48.0 Å². The molecular formula is C15H22N+. The number of likely N-dealkylation sites (N-methyl/N-ethyl adjacent to an activating group) is 1. The van der Waals surface area contributed by atoms with Gasteiger partial charge in [0.1, 0.15) is 6.54 Å². The third-order valence-corrected chi connectivity index (χ3v) is 3.65. The lowest BCUT2D eigenvalue weighted by atomic mass is 10.0. The molecule has 0 saturated carbocycles.